The number of ether oxygens (including phenoxy) is 2. The van der Waals surface area contributed by atoms with E-state index in [0.29, 0.717) is 24.9 Å². The Morgan fingerprint density at radius 1 is 1.24 bits per heavy atom. The largest absolute Gasteiger partial charge is 0.376 e. The third-order valence-corrected chi connectivity index (χ3v) is 3.39. The minimum Gasteiger partial charge on any atom is -0.376 e. The van der Waals surface area contributed by atoms with E-state index in [1.807, 2.05) is 0 Å². The van der Waals surface area contributed by atoms with Crippen molar-refractivity contribution in [3.63, 3.8) is 0 Å². The molecule has 0 aromatic carbocycles. The molecule has 0 aliphatic heterocycles. The van der Waals surface area contributed by atoms with Gasteiger partial charge in [-0.2, -0.15) is 0 Å². The van der Waals surface area contributed by atoms with Crippen LogP contribution in [0.1, 0.15) is 47.0 Å². The third-order valence-electron chi connectivity index (χ3n) is 3.39. The van der Waals surface area contributed by atoms with Crippen molar-refractivity contribution in [3.8, 4) is 0 Å². The Morgan fingerprint density at radius 3 is 2.65 bits per heavy atom. The monoisotopic (exact) mass is 243 g/mol. The van der Waals surface area contributed by atoms with Crippen LogP contribution in [0.4, 0.5) is 0 Å². The Balaban J connectivity index is 2.25. The maximum absolute atomic E-state index is 5.98. The van der Waals surface area contributed by atoms with Crippen molar-refractivity contribution in [3.05, 3.63) is 0 Å². The molecule has 3 atom stereocenters. The van der Waals surface area contributed by atoms with E-state index in [0.717, 1.165) is 19.1 Å². The first-order chi connectivity index (χ1) is 8.13. The van der Waals surface area contributed by atoms with Gasteiger partial charge in [0.15, 0.2) is 0 Å². The van der Waals surface area contributed by atoms with E-state index in [1.54, 1.807) is 0 Å². The summed E-state index contributed by atoms with van der Waals surface area (Å²) >= 11 is 0. The van der Waals surface area contributed by atoms with Gasteiger partial charge in [0, 0.05) is 6.04 Å². The maximum Gasteiger partial charge on any atom is 0.0731 e. The SMILES string of the molecule is CCNC1CCC(C)CC1OCCOC(C)C. The fourth-order valence-electron chi connectivity index (χ4n) is 2.49. The van der Waals surface area contributed by atoms with Crippen LogP contribution in [0.3, 0.4) is 0 Å². The van der Waals surface area contributed by atoms with Crippen LogP contribution in [-0.4, -0.2) is 38.0 Å². The van der Waals surface area contributed by atoms with E-state index < -0.39 is 0 Å². The maximum atomic E-state index is 5.98. The highest BCUT2D eigenvalue weighted by Crippen LogP contribution is 2.26. The minimum absolute atomic E-state index is 0.299. The average Bonchev–Trinajstić information content (AvgIpc) is 2.28. The summed E-state index contributed by atoms with van der Waals surface area (Å²) < 4.78 is 11.5. The normalized spacial score (nSPS) is 29.8. The number of rotatable bonds is 7. The molecule has 0 radical (unpaired) electrons. The highest BCUT2D eigenvalue weighted by atomic mass is 16.5. The van der Waals surface area contributed by atoms with Gasteiger partial charge in [0.2, 0.25) is 0 Å². The lowest BCUT2D eigenvalue weighted by atomic mass is 9.85. The second kappa shape index (κ2) is 8.06. The summed E-state index contributed by atoms with van der Waals surface area (Å²) in [6.45, 7) is 11.1. The molecule has 0 saturated heterocycles. The lowest BCUT2D eigenvalue weighted by molar-refractivity contribution is -0.0437. The lowest BCUT2D eigenvalue weighted by Gasteiger charge is -2.35. The van der Waals surface area contributed by atoms with Crippen molar-refractivity contribution < 1.29 is 9.47 Å². The Hall–Kier alpha value is -0.120. The highest BCUT2D eigenvalue weighted by Gasteiger charge is 2.28. The zero-order chi connectivity index (χ0) is 12.7. The molecule has 1 rings (SSSR count). The number of hydrogen-bond donors (Lipinski definition) is 1. The average molecular weight is 243 g/mol. The fraction of sp³-hybridized carbons (Fsp3) is 1.00. The first-order valence-electron chi connectivity index (χ1n) is 7.10. The van der Waals surface area contributed by atoms with Crippen molar-refractivity contribution in [2.24, 2.45) is 5.92 Å². The molecular weight excluding hydrogens is 214 g/mol. The van der Waals surface area contributed by atoms with E-state index in [4.69, 9.17) is 9.47 Å². The molecule has 17 heavy (non-hydrogen) atoms. The van der Waals surface area contributed by atoms with Crippen molar-refractivity contribution in [1.82, 2.24) is 5.32 Å². The van der Waals surface area contributed by atoms with Gasteiger partial charge in [0.1, 0.15) is 0 Å². The van der Waals surface area contributed by atoms with Crippen LogP contribution in [-0.2, 0) is 9.47 Å². The van der Waals surface area contributed by atoms with E-state index in [1.165, 1.54) is 19.3 Å². The van der Waals surface area contributed by atoms with Gasteiger partial charge in [-0.3, -0.25) is 0 Å². The first kappa shape index (κ1) is 14.9. The van der Waals surface area contributed by atoms with Gasteiger partial charge in [0.25, 0.3) is 0 Å². The number of nitrogens with one attached hydrogen (secondary N) is 1. The van der Waals surface area contributed by atoms with Gasteiger partial charge in [-0.25, -0.2) is 0 Å². The van der Waals surface area contributed by atoms with Gasteiger partial charge < -0.3 is 14.8 Å². The molecule has 1 aliphatic rings. The summed E-state index contributed by atoms with van der Waals surface area (Å²) in [5.41, 5.74) is 0. The van der Waals surface area contributed by atoms with Crippen molar-refractivity contribution in [1.29, 1.82) is 0 Å². The minimum atomic E-state index is 0.299. The molecule has 1 N–H and O–H groups in total. The molecule has 0 bridgehead atoms. The molecule has 3 nitrogen and oxygen atoms in total. The summed E-state index contributed by atoms with van der Waals surface area (Å²) in [4.78, 5) is 0. The van der Waals surface area contributed by atoms with Crippen LogP contribution in [0, 0.1) is 5.92 Å². The van der Waals surface area contributed by atoms with Gasteiger partial charge in [-0.15, -0.1) is 0 Å². The second-order valence-corrected chi connectivity index (χ2v) is 5.41. The Kier molecular flexibility index (Phi) is 7.09. The summed E-state index contributed by atoms with van der Waals surface area (Å²) in [6.07, 6.45) is 4.41. The molecule has 0 amide bonds. The highest BCUT2D eigenvalue weighted by molar-refractivity contribution is 4.84. The first-order valence-corrected chi connectivity index (χ1v) is 7.10. The molecule has 1 aliphatic carbocycles. The van der Waals surface area contributed by atoms with E-state index in [2.05, 4.69) is 33.0 Å². The molecule has 3 unspecified atom stereocenters. The summed E-state index contributed by atoms with van der Waals surface area (Å²) in [7, 11) is 0. The van der Waals surface area contributed by atoms with Gasteiger partial charge in [0.05, 0.1) is 25.4 Å². The van der Waals surface area contributed by atoms with E-state index in [9.17, 15) is 0 Å². The zero-order valence-corrected chi connectivity index (χ0v) is 11.9. The number of hydrogen-bond acceptors (Lipinski definition) is 3. The van der Waals surface area contributed by atoms with Crippen molar-refractivity contribution in [2.45, 2.75) is 65.2 Å². The third kappa shape index (κ3) is 5.84. The Bertz CT molecular complexity index is 197. The van der Waals surface area contributed by atoms with Crippen LogP contribution in [0.2, 0.25) is 0 Å². The molecule has 0 spiro atoms. The van der Waals surface area contributed by atoms with Gasteiger partial charge >= 0.3 is 0 Å². The standard InChI is InChI=1S/C14H29NO2/c1-5-15-13-7-6-12(4)10-14(13)17-9-8-16-11(2)3/h11-15H,5-10H2,1-4H3. The van der Waals surface area contributed by atoms with Crippen LogP contribution < -0.4 is 5.32 Å². The Morgan fingerprint density at radius 2 is 2.00 bits per heavy atom. The summed E-state index contributed by atoms with van der Waals surface area (Å²) in [6, 6.07) is 0.537. The lowest BCUT2D eigenvalue weighted by Crippen LogP contribution is -2.45. The van der Waals surface area contributed by atoms with Crippen LogP contribution in [0.25, 0.3) is 0 Å². The predicted molar refractivity (Wildman–Crippen MR) is 71.3 cm³/mol. The zero-order valence-electron chi connectivity index (χ0n) is 11.9. The smallest absolute Gasteiger partial charge is 0.0731 e. The molecule has 3 heteroatoms. The van der Waals surface area contributed by atoms with Gasteiger partial charge in [-0.05, 0) is 45.6 Å². The van der Waals surface area contributed by atoms with Crippen LogP contribution >= 0.6 is 0 Å². The summed E-state index contributed by atoms with van der Waals surface area (Å²) in [5.74, 6) is 0.793. The number of likely N-dealkylation sites (N-methyl/N-ethyl adjacent to an activating group) is 1. The summed E-state index contributed by atoms with van der Waals surface area (Å²) in [5, 5.41) is 3.54. The quantitative estimate of drug-likeness (QED) is 0.697. The topological polar surface area (TPSA) is 30.5 Å². The van der Waals surface area contributed by atoms with Crippen LogP contribution in [0.15, 0.2) is 0 Å². The van der Waals surface area contributed by atoms with Crippen molar-refractivity contribution >= 4 is 0 Å². The fourth-order valence-corrected chi connectivity index (χ4v) is 2.49. The molecule has 1 fully saturated rings. The molecular formula is C14H29NO2. The van der Waals surface area contributed by atoms with Crippen molar-refractivity contribution in [2.75, 3.05) is 19.8 Å². The molecule has 0 aromatic rings. The predicted octanol–water partition coefficient (Wildman–Crippen LogP) is 2.59. The van der Waals surface area contributed by atoms with Crippen LogP contribution in [0.5, 0.6) is 0 Å². The van der Waals surface area contributed by atoms with E-state index in [-0.39, 0.29) is 0 Å². The Labute approximate surface area is 106 Å². The molecule has 0 heterocycles. The molecule has 0 aromatic heterocycles. The second-order valence-electron chi connectivity index (χ2n) is 5.41. The molecule has 102 valence electrons. The van der Waals surface area contributed by atoms with E-state index >= 15 is 0 Å². The molecule has 1 saturated carbocycles. The van der Waals surface area contributed by atoms with Gasteiger partial charge in [-0.1, -0.05) is 13.8 Å².